The summed E-state index contributed by atoms with van der Waals surface area (Å²) in [6.07, 6.45) is 1.66. The SMILES string of the molecule is Oc1ccc(Cc2ccc(-c3ccc(Cc4cccc(O)c4)cc3)cc2)cc1. The molecule has 0 atom stereocenters. The van der Waals surface area contributed by atoms with Crippen LogP contribution in [0.1, 0.15) is 22.3 Å². The molecule has 0 fully saturated rings. The van der Waals surface area contributed by atoms with Crippen LogP contribution >= 0.6 is 0 Å². The Morgan fingerprint density at radius 1 is 0.429 bits per heavy atom. The second kappa shape index (κ2) is 8.01. The maximum Gasteiger partial charge on any atom is 0.115 e. The summed E-state index contributed by atoms with van der Waals surface area (Å²) < 4.78 is 0. The first-order valence-corrected chi connectivity index (χ1v) is 9.40. The molecule has 2 nitrogen and oxygen atoms in total. The molecule has 0 heterocycles. The summed E-state index contributed by atoms with van der Waals surface area (Å²) >= 11 is 0. The molecule has 0 aliphatic rings. The molecule has 0 radical (unpaired) electrons. The van der Waals surface area contributed by atoms with Crippen LogP contribution in [0.5, 0.6) is 11.5 Å². The predicted octanol–water partition coefficient (Wildman–Crippen LogP) is 5.95. The molecule has 0 unspecified atom stereocenters. The first-order chi connectivity index (χ1) is 13.7. The smallest absolute Gasteiger partial charge is 0.115 e. The topological polar surface area (TPSA) is 40.5 Å². The van der Waals surface area contributed by atoms with Gasteiger partial charge in [-0.3, -0.25) is 0 Å². The van der Waals surface area contributed by atoms with E-state index in [1.54, 1.807) is 24.3 Å². The molecular weight excluding hydrogens is 344 g/mol. The van der Waals surface area contributed by atoms with E-state index in [4.69, 9.17) is 0 Å². The summed E-state index contributed by atoms with van der Waals surface area (Å²) in [6.45, 7) is 0. The van der Waals surface area contributed by atoms with Crippen LogP contribution in [-0.2, 0) is 12.8 Å². The van der Waals surface area contributed by atoms with E-state index in [2.05, 4.69) is 48.5 Å². The molecule has 0 saturated heterocycles. The molecule has 0 aliphatic carbocycles. The van der Waals surface area contributed by atoms with Gasteiger partial charge in [-0.25, -0.2) is 0 Å². The van der Waals surface area contributed by atoms with Gasteiger partial charge in [-0.15, -0.1) is 0 Å². The minimum absolute atomic E-state index is 0.298. The molecule has 2 heteroatoms. The average molecular weight is 366 g/mol. The Kier molecular flexibility index (Phi) is 5.11. The summed E-state index contributed by atoms with van der Waals surface area (Å²) in [4.78, 5) is 0. The molecular formula is C26H22O2. The van der Waals surface area contributed by atoms with E-state index in [0.717, 1.165) is 18.4 Å². The van der Waals surface area contributed by atoms with E-state index in [1.165, 1.54) is 27.8 Å². The molecule has 28 heavy (non-hydrogen) atoms. The molecule has 2 N–H and O–H groups in total. The van der Waals surface area contributed by atoms with Gasteiger partial charge in [0.1, 0.15) is 11.5 Å². The van der Waals surface area contributed by atoms with E-state index in [1.807, 2.05) is 24.3 Å². The van der Waals surface area contributed by atoms with Crippen LogP contribution in [-0.4, -0.2) is 10.2 Å². The minimum Gasteiger partial charge on any atom is -0.508 e. The third-order valence-corrected chi connectivity index (χ3v) is 4.90. The summed E-state index contributed by atoms with van der Waals surface area (Å²) in [5, 5.41) is 19.0. The second-order valence-electron chi connectivity index (χ2n) is 7.08. The van der Waals surface area contributed by atoms with Crippen molar-refractivity contribution >= 4 is 0 Å². The molecule has 0 amide bonds. The van der Waals surface area contributed by atoms with Crippen LogP contribution in [0.3, 0.4) is 0 Å². The standard InChI is InChI=1S/C26H22O2/c27-25-14-8-21(9-15-25)16-19-4-10-23(11-5-19)24-12-6-20(7-13-24)17-22-2-1-3-26(28)18-22/h1-15,18,27-28H,16-17H2. The van der Waals surface area contributed by atoms with Crippen LogP contribution < -0.4 is 0 Å². The minimum atomic E-state index is 0.298. The third-order valence-electron chi connectivity index (χ3n) is 4.90. The van der Waals surface area contributed by atoms with Crippen molar-refractivity contribution in [1.29, 1.82) is 0 Å². The van der Waals surface area contributed by atoms with E-state index < -0.39 is 0 Å². The summed E-state index contributed by atoms with van der Waals surface area (Å²) in [6, 6.07) is 31.9. The van der Waals surface area contributed by atoms with Gasteiger partial charge in [0.2, 0.25) is 0 Å². The molecule has 4 aromatic rings. The van der Waals surface area contributed by atoms with Crippen molar-refractivity contribution in [3.63, 3.8) is 0 Å². The summed E-state index contributed by atoms with van der Waals surface area (Å²) in [5.74, 6) is 0.605. The Hall–Kier alpha value is -3.52. The second-order valence-corrected chi connectivity index (χ2v) is 7.08. The van der Waals surface area contributed by atoms with Gasteiger partial charge in [-0.1, -0.05) is 72.8 Å². The van der Waals surface area contributed by atoms with Crippen molar-refractivity contribution in [3.05, 3.63) is 119 Å². The lowest BCUT2D eigenvalue weighted by Gasteiger charge is -2.07. The lowest BCUT2D eigenvalue weighted by molar-refractivity contribution is 0.474. The normalized spacial score (nSPS) is 10.7. The van der Waals surface area contributed by atoms with Gasteiger partial charge in [-0.2, -0.15) is 0 Å². The molecule has 0 spiro atoms. The highest BCUT2D eigenvalue weighted by atomic mass is 16.3. The van der Waals surface area contributed by atoms with Crippen LogP contribution in [0.2, 0.25) is 0 Å². The predicted molar refractivity (Wildman–Crippen MR) is 114 cm³/mol. The zero-order valence-electron chi connectivity index (χ0n) is 15.5. The van der Waals surface area contributed by atoms with Crippen molar-refractivity contribution in [2.75, 3.05) is 0 Å². The van der Waals surface area contributed by atoms with Gasteiger partial charge >= 0.3 is 0 Å². The van der Waals surface area contributed by atoms with Crippen molar-refractivity contribution in [1.82, 2.24) is 0 Å². The Morgan fingerprint density at radius 3 is 1.39 bits per heavy atom. The molecule has 4 rings (SSSR count). The number of benzene rings is 4. The van der Waals surface area contributed by atoms with Crippen molar-refractivity contribution < 1.29 is 10.2 Å². The number of hydrogen-bond donors (Lipinski definition) is 2. The van der Waals surface area contributed by atoms with E-state index >= 15 is 0 Å². The van der Waals surface area contributed by atoms with Gasteiger partial charge in [0, 0.05) is 0 Å². The van der Waals surface area contributed by atoms with Crippen LogP contribution in [0, 0.1) is 0 Å². The third kappa shape index (κ3) is 4.41. The molecule has 0 saturated carbocycles. The van der Waals surface area contributed by atoms with E-state index in [-0.39, 0.29) is 0 Å². The van der Waals surface area contributed by atoms with Gasteiger partial charge < -0.3 is 10.2 Å². The van der Waals surface area contributed by atoms with Crippen molar-refractivity contribution in [3.8, 4) is 22.6 Å². The number of aromatic hydroxyl groups is 2. The lowest BCUT2D eigenvalue weighted by Crippen LogP contribution is -1.89. The van der Waals surface area contributed by atoms with Crippen LogP contribution in [0.4, 0.5) is 0 Å². The van der Waals surface area contributed by atoms with Gasteiger partial charge in [-0.05, 0) is 70.5 Å². The summed E-state index contributed by atoms with van der Waals surface area (Å²) in [7, 11) is 0. The largest absolute Gasteiger partial charge is 0.508 e. The average Bonchev–Trinajstić information content (AvgIpc) is 2.71. The fourth-order valence-electron chi connectivity index (χ4n) is 3.38. The lowest BCUT2D eigenvalue weighted by atomic mass is 9.98. The highest BCUT2D eigenvalue weighted by Crippen LogP contribution is 2.23. The highest BCUT2D eigenvalue weighted by Gasteiger charge is 2.02. The Balaban J connectivity index is 1.44. The van der Waals surface area contributed by atoms with Crippen molar-refractivity contribution in [2.45, 2.75) is 12.8 Å². The van der Waals surface area contributed by atoms with Crippen molar-refractivity contribution in [2.24, 2.45) is 0 Å². The van der Waals surface area contributed by atoms with Gasteiger partial charge in [0.25, 0.3) is 0 Å². The number of hydrogen-bond acceptors (Lipinski definition) is 2. The highest BCUT2D eigenvalue weighted by molar-refractivity contribution is 5.64. The molecule has 0 aliphatic heterocycles. The Bertz CT molecular complexity index is 1050. The number of phenolic OH excluding ortho intramolecular Hbond substituents is 2. The zero-order valence-corrected chi connectivity index (χ0v) is 15.5. The molecule has 4 aromatic carbocycles. The molecule has 0 bridgehead atoms. The molecule has 0 aromatic heterocycles. The first-order valence-electron chi connectivity index (χ1n) is 9.40. The maximum atomic E-state index is 9.60. The zero-order chi connectivity index (χ0) is 19.3. The van der Waals surface area contributed by atoms with Gasteiger partial charge in [0.05, 0.1) is 0 Å². The number of phenols is 2. The number of rotatable bonds is 5. The summed E-state index contributed by atoms with van der Waals surface area (Å²) in [5.41, 5.74) is 7.13. The fraction of sp³-hybridized carbons (Fsp3) is 0.0769. The maximum absolute atomic E-state index is 9.60. The van der Waals surface area contributed by atoms with Crippen LogP contribution in [0.25, 0.3) is 11.1 Å². The Labute approximate surface area is 165 Å². The van der Waals surface area contributed by atoms with Crippen LogP contribution in [0.15, 0.2) is 97.1 Å². The van der Waals surface area contributed by atoms with Gasteiger partial charge in [0.15, 0.2) is 0 Å². The molecule has 138 valence electrons. The quantitative estimate of drug-likeness (QED) is 0.458. The van der Waals surface area contributed by atoms with E-state index in [0.29, 0.717) is 11.5 Å². The monoisotopic (exact) mass is 366 g/mol. The van der Waals surface area contributed by atoms with E-state index in [9.17, 15) is 10.2 Å². The fourth-order valence-corrected chi connectivity index (χ4v) is 3.38. The first kappa shape index (κ1) is 17.9. The Morgan fingerprint density at radius 2 is 0.893 bits per heavy atom.